The molecule has 6 aliphatic rings. The van der Waals surface area contributed by atoms with Crippen molar-refractivity contribution in [2.24, 2.45) is 40.1 Å². The molecule has 1 heterocycles. The Balaban J connectivity index is 0.898. The largest absolute Gasteiger partial charge is 0.445 e. The summed E-state index contributed by atoms with van der Waals surface area (Å²) in [4.78, 5) is 105. The van der Waals surface area contributed by atoms with Crippen LogP contribution in [0, 0.1) is 40.4 Å². The number of allylic oxidation sites excluding steroid dienone is 4. The maximum Gasteiger partial charge on any atom is 0.407 e. The van der Waals surface area contributed by atoms with Gasteiger partial charge in [0.15, 0.2) is 29.1 Å². The predicted molar refractivity (Wildman–Crippen MR) is 301 cm³/mol. The number of aliphatic hydroxyl groups is 1. The summed E-state index contributed by atoms with van der Waals surface area (Å²) in [7, 11) is 0. The van der Waals surface area contributed by atoms with E-state index >= 15 is 8.78 Å². The minimum Gasteiger partial charge on any atom is -0.445 e. The number of carbonyl (C=O) groups is 8. The van der Waals surface area contributed by atoms with Gasteiger partial charge in [0.05, 0.1) is 24.8 Å². The molecule has 4 fully saturated rings. The van der Waals surface area contributed by atoms with Gasteiger partial charge in [0.25, 0.3) is 0 Å². The van der Waals surface area contributed by atoms with Crippen LogP contribution in [0.4, 0.5) is 24.1 Å². The number of carbonyl (C=O) groups excluding carboxylic acids is 8. The van der Waals surface area contributed by atoms with E-state index in [1.807, 2.05) is 6.92 Å². The molecule has 3 saturated carbocycles. The summed E-state index contributed by atoms with van der Waals surface area (Å²) in [5.74, 6) is 0.868. The Kier molecular flexibility index (Phi) is 21.7. The highest BCUT2D eigenvalue weighted by molar-refractivity contribution is 6.01. The minimum atomic E-state index is -2.38. The molecule has 7 amide bonds. The number of urea groups is 1. The van der Waals surface area contributed by atoms with E-state index in [1.54, 1.807) is 45.0 Å². The van der Waals surface area contributed by atoms with Crippen molar-refractivity contribution in [1.29, 1.82) is 0 Å². The lowest BCUT2D eigenvalue weighted by molar-refractivity contribution is -0.233. The average molecular weight is 1160 g/mol. The molecule has 11 N–H and O–H groups in total. The van der Waals surface area contributed by atoms with E-state index in [4.69, 9.17) is 30.4 Å². The summed E-state index contributed by atoms with van der Waals surface area (Å²) in [5.41, 5.74) is 5.27. The van der Waals surface area contributed by atoms with Gasteiger partial charge in [-0.15, -0.1) is 5.92 Å². The Morgan fingerprint density at radius 2 is 1.66 bits per heavy atom. The summed E-state index contributed by atoms with van der Waals surface area (Å²) >= 11 is 0. The molecule has 0 aromatic heterocycles. The standard InChI is InChI=1S/C60H84F2N8O13/c1-6-15-50-82-48-30-40-41-29-43(61)42-28-38(71)24-25-57(42,4)59(41,62)46(72)31-58(40,5)60(48,83-50)47(73)32-67-56(79)81-33-36-20-22-37(23-21-36)68-53(76)45(19-14-27-66-55(64)78)69-54(77)51(35(2)3)70-52(75)44(63)18-12-13-26-65-49(74)34-80-39-16-10-8-7-9-11-17-39/h20-25,28,35,39-41,43-46,48,50-51,72H,6-10,12-16,18-19,26-27,29-34,63H2,1-5H3,(H,65,74)(H,67,79)(H,68,76)(H,69,77)(H,70,75)(H3,64,66,78)/t39?,40-,41-,43-,44+,45-,46-,48+,50?,51-,57-,58-,59-,60+/m0/s1. The third-order valence-corrected chi connectivity index (χ3v) is 17.7. The monoisotopic (exact) mass is 1160 g/mol. The molecule has 21 nitrogen and oxygen atoms in total. The van der Waals surface area contributed by atoms with E-state index in [0.717, 1.165) is 38.2 Å². The second kappa shape index (κ2) is 28.0. The Hall–Kier alpha value is -6.32. The molecule has 1 saturated heterocycles. The SMILES string of the molecule is CCCC1O[C@@H]2C[C@H]3[C@@H]4C[C@H](F)C5=CC(=O)C=C[C@]5(C)[C@@]4(F)[C@@H](O)C[C@]3(C)[C@]2(C(=O)CNC(=O)OCc2ccc(NC(=O)[C@H](CCCNC(N)=O)NC(=O)[C@@H](NC(=O)[C@H](N)CCCCNC(=O)COC3C#CCCCCC3)C(C)C)cc2)O1. The Bertz CT molecular complexity index is 2680. The number of Topliss-reactive ketones (excluding diaryl/α,β-unsaturated/α-hetero) is 1. The van der Waals surface area contributed by atoms with Crippen LogP contribution in [0.15, 0.2) is 48.1 Å². The van der Waals surface area contributed by atoms with E-state index < -0.39 is 131 Å². The number of halogens is 2. The van der Waals surface area contributed by atoms with Crippen LogP contribution < -0.4 is 43.4 Å². The van der Waals surface area contributed by atoms with Crippen molar-refractivity contribution in [3.8, 4) is 11.8 Å². The molecule has 456 valence electrons. The second-order valence-electron chi connectivity index (χ2n) is 23.7. The fraction of sp³-hybridized carbons (Fsp3) is 0.667. The lowest BCUT2D eigenvalue weighted by Crippen LogP contribution is -2.71. The lowest BCUT2D eigenvalue weighted by atomic mass is 9.44. The molecule has 5 aliphatic carbocycles. The zero-order valence-electron chi connectivity index (χ0n) is 48.3. The van der Waals surface area contributed by atoms with Gasteiger partial charge in [0.2, 0.25) is 23.6 Å². The number of nitrogens with one attached hydrogen (secondary N) is 6. The summed E-state index contributed by atoms with van der Waals surface area (Å²) < 4.78 is 58.1. The molecule has 0 bridgehead atoms. The zero-order valence-corrected chi connectivity index (χ0v) is 48.3. The number of benzene rings is 1. The number of aliphatic hydroxyl groups excluding tert-OH is 1. The molecule has 1 aromatic carbocycles. The molecule has 23 heteroatoms. The first-order chi connectivity index (χ1) is 39.5. The topological polar surface area (TPSA) is 318 Å². The number of rotatable bonds is 26. The van der Waals surface area contributed by atoms with Crippen molar-refractivity contribution in [2.75, 3.05) is 31.6 Å². The number of ketones is 2. The van der Waals surface area contributed by atoms with Crippen LogP contribution in [0.25, 0.3) is 0 Å². The van der Waals surface area contributed by atoms with E-state index in [1.165, 1.54) is 19.1 Å². The minimum absolute atomic E-state index is 0.0155. The maximum absolute atomic E-state index is 17.9. The molecule has 14 atom stereocenters. The van der Waals surface area contributed by atoms with Crippen molar-refractivity contribution in [2.45, 2.75) is 198 Å². The Morgan fingerprint density at radius 1 is 0.916 bits per heavy atom. The third-order valence-electron chi connectivity index (χ3n) is 17.7. The van der Waals surface area contributed by atoms with Gasteiger partial charge in [-0.2, -0.15) is 0 Å². The zero-order chi connectivity index (χ0) is 60.3. The number of anilines is 1. The molecular formula is C60H84F2N8O13. The quantitative estimate of drug-likeness (QED) is 0.0450. The molecule has 0 radical (unpaired) electrons. The highest BCUT2D eigenvalue weighted by Crippen LogP contribution is 2.72. The van der Waals surface area contributed by atoms with Gasteiger partial charge in [-0.1, -0.05) is 64.7 Å². The number of unbranched alkanes of at least 4 members (excludes halogenated alkanes) is 1. The highest BCUT2D eigenvalue weighted by Gasteiger charge is 2.80. The average Bonchev–Trinajstić information content (AvgIpc) is 1.63. The first kappa shape index (κ1) is 64.2. The first-order valence-electron chi connectivity index (χ1n) is 29.4. The van der Waals surface area contributed by atoms with Crippen LogP contribution >= 0.6 is 0 Å². The van der Waals surface area contributed by atoms with Crippen molar-refractivity contribution in [3.05, 3.63) is 53.6 Å². The van der Waals surface area contributed by atoms with Crippen LogP contribution in [-0.4, -0.2) is 139 Å². The van der Waals surface area contributed by atoms with Crippen molar-refractivity contribution in [3.63, 3.8) is 0 Å². The van der Waals surface area contributed by atoms with E-state index in [0.29, 0.717) is 43.5 Å². The summed E-state index contributed by atoms with van der Waals surface area (Å²) in [5, 5.41) is 27.9. The number of hydrogen-bond donors (Lipinski definition) is 9. The lowest BCUT2D eigenvalue weighted by Gasteiger charge is -2.63. The number of fused-ring (bicyclic) bond motifs is 7. The van der Waals surface area contributed by atoms with E-state index in [9.17, 15) is 43.5 Å². The molecule has 0 spiro atoms. The third kappa shape index (κ3) is 14.4. The molecule has 2 unspecified atom stereocenters. The van der Waals surface area contributed by atoms with E-state index in [-0.39, 0.29) is 75.9 Å². The summed E-state index contributed by atoms with van der Waals surface area (Å²) in [6.07, 6.45) is 4.53. The van der Waals surface area contributed by atoms with Crippen LogP contribution in [-0.2, 0) is 54.3 Å². The molecule has 83 heavy (non-hydrogen) atoms. The second-order valence-corrected chi connectivity index (χ2v) is 23.7. The van der Waals surface area contributed by atoms with Gasteiger partial charge in [-0.3, -0.25) is 28.8 Å². The van der Waals surface area contributed by atoms with Gasteiger partial charge in [-0.05, 0) is 131 Å². The number of alkyl carbamates (subject to hydrolysis) is 1. The number of amides is 7. The van der Waals surface area contributed by atoms with Gasteiger partial charge in [0, 0.05) is 41.9 Å². The summed E-state index contributed by atoms with van der Waals surface area (Å²) in [6, 6.07) is 2.33. The van der Waals surface area contributed by atoms with Crippen molar-refractivity contribution in [1.82, 2.24) is 26.6 Å². The molecular weight excluding hydrogens is 1080 g/mol. The Labute approximate surface area is 484 Å². The van der Waals surface area contributed by atoms with Crippen LogP contribution in [0.2, 0.25) is 0 Å². The van der Waals surface area contributed by atoms with Gasteiger partial charge >= 0.3 is 12.1 Å². The molecule has 7 rings (SSSR count). The van der Waals surface area contributed by atoms with Crippen LogP contribution in [0.1, 0.15) is 136 Å². The van der Waals surface area contributed by atoms with Gasteiger partial charge in [-0.25, -0.2) is 18.4 Å². The van der Waals surface area contributed by atoms with Crippen molar-refractivity contribution >= 4 is 53.0 Å². The highest BCUT2D eigenvalue weighted by atomic mass is 19.1. The van der Waals surface area contributed by atoms with Gasteiger partial charge < -0.3 is 67.4 Å². The summed E-state index contributed by atoms with van der Waals surface area (Å²) in [6.45, 7) is 8.17. The van der Waals surface area contributed by atoms with E-state index in [2.05, 4.69) is 43.7 Å². The normalized spacial score (nSPS) is 30.6. The fourth-order valence-corrected chi connectivity index (χ4v) is 13.3. The Morgan fingerprint density at radius 3 is 2.39 bits per heavy atom. The predicted octanol–water partition coefficient (Wildman–Crippen LogP) is 4.67. The maximum atomic E-state index is 17.9. The number of hydrogen-bond acceptors (Lipinski definition) is 14. The first-order valence-corrected chi connectivity index (χ1v) is 29.4. The van der Waals surface area contributed by atoms with Crippen LogP contribution in [0.3, 0.4) is 0 Å². The fourth-order valence-electron chi connectivity index (χ4n) is 13.3. The number of ether oxygens (including phenoxy) is 4. The van der Waals surface area contributed by atoms with Gasteiger partial charge in [0.1, 0.15) is 37.6 Å². The van der Waals surface area contributed by atoms with Crippen LogP contribution in [0.5, 0.6) is 0 Å². The smallest absolute Gasteiger partial charge is 0.407 e. The molecule has 1 aliphatic heterocycles. The number of primary amides is 1. The molecule has 1 aromatic rings. The van der Waals surface area contributed by atoms with Crippen molar-refractivity contribution < 1.29 is 71.2 Å². The number of alkyl halides is 2. The number of nitrogens with two attached hydrogens (primary N) is 2.